The van der Waals surface area contributed by atoms with E-state index in [4.69, 9.17) is 25.9 Å². The van der Waals surface area contributed by atoms with Crippen LogP contribution in [0.15, 0.2) is 39.7 Å². The predicted octanol–water partition coefficient (Wildman–Crippen LogP) is 3.82. The molecule has 0 aliphatic heterocycles. The highest BCUT2D eigenvalue weighted by molar-refractivity contribution is 9.10. The highest BCUT2D eigenvalue weighted by Crippen LogP contribution is 2.33. The first-order chi connectivity index (χ1) is 12.6. The molecule has 0 bridgehead atoms. The number of carbonyl (C=O) groups excluding carboxylic acids is 1. The van der Waals surface area contributed by atoms with E-state index in [-0.39, 0.29) is 27.0 Å². The Hall–Kier alpha value is -1.65. The monoisotopic (exact) mass is 477 g/mol. The normalized spacial score (nSPS) is 11.5. The van der Waals surface area contributed by atoms with Crippen molar-refractivity contribution in [1.82, 2.24) is 4.47 Å². The molecule has 0 aliphatic carbocycles. The number of benzene rings is 2. The molecule has 2 rings (SSSR count). The largest absolute Gasteiger partial charge is 0.495 e. The van der Waals surface area contributed by atoms with Gasteiger partial charge in [-0.3, -0.25) is 4.84 Å². The first kappa shape index (κ1) is 21.6. The maximum atomic E-state index is 12.6. The van der Waals surface area contributed by atoms with E-state index in [9.17, 15) is 13.2 Å². The van der Waals surface area contributed by atoms with E-state index in [0.29, 0.717) is 10.0 Å². The van der Waals surface area contributed by atoms with Crippen LogP contribution in [0.1, 0.15) is 15.9 Å². The molecule has 0 atom stereocenters. The number of nitrogens with zero attached hydrogens (tertiary/aromatic N) is 1. The van der Waals surface area contributed by atoms with E-state index in [1.807, 2.05) is 0 Å². The minimum absolute atomic E-state index is 0.0114. The summed E-state index contributed by atoms with van der Waals surface area (Å²) in [6.07, 6.45) is 0. The lowest BCUT2D eigenvalue weighted by molar-refractivity contribution is -0.0259. The summed E-state index contributed by atoms with van der Waals surface area (Å²) in [7, 11) is -0.277. The van der Waals surface area contributed by atoms with E-state index in [2.05, 4.69) is 15.9 Å². The summed E-state index contributed by atoms with van der Waals surface area (Å²) in [5, 5.41) is 0.246. The molecule has 0 radical (unpaired) electrons. The van der Waals surface area contributed by atoms with Crippen LogP contribution >= 0.6 is 27.5 Å². The van der Waals surface area contributed by atoms with Gasteiger partial charge in [-0.15, -0.1) is 0 Å². The van der Waals surface area contributed by atoms with Gasteiger partial charge in [0.1, 0.15) is 10.6 Å². The lowest BCUT2D eigenvalue weighted by atomic mass is 10.2. The SMILES string of the molecule is COc1ccc(C(=O)Oc2c(C)cc(Br)cc2Cl)cc1S(=O)(=O)N(C)OC. The molecule has 0 saturated heterocycles. The van der Waals surface area contributed by atoms with Gasteiger partial charge in [-0.2, -0.15) is 0 Å². The highest BCUT2D eigenvalue weighted by Gasteiger charge is 2.27. The molecule has 27 heavy (non-hydrogen) atoms. The molecule has 0 N–H and O–H groups in total. The van der Waals surface area contributed by atoms with Crippen LogP contribution in [-0.2, 0) is 14.9 Å². The van der Waals surface area contributed by atoms with Crippen molar-refractivity contribution in [2.75, 3.05) is 21.3 Å². The molecule has 0 fully saturated rings. The Balaban J connectivity index is 2.46. The van der Waals surface area contributed by atoms with Gasteiger partial charge in [-0.1, -0.05) is 32.0 Å². The average Bonchev–Trinajstić information content (AvgIpc) is 2.62. The fourth-order valence-corrected chi connectivity index (χ4v) is 4.38. The summed E-state index contributed by atoms with van der Waals surface area (Å²) in [6, 6.07) is 7.26. The molecule has 0 saturated carbocycles. The quantitative estimate of drug-likeness (QED) is 0.357. The van der Waals surface area contributed by atoms with Crippen molar-refractivity contribution < 1.29 is 27.5 Å². The van der Waals surface area contributed by atoms with E-state index in [1.54, 1.807) is 19.1 Å². The van der Waals surface area contributed by atoms with Crippen LogP contribution in [0, 0.1) is 6.92 Å². The number of methoxy groups -OCH3 is 1. The Labute approximate surface area is 170 Å². The molecule has 0 unspecified atom stereocenters. The zero-order valence-electron chi connectivity index (χ0n) is 14.9. The maximum absolute atomic E-state index is 12.6. The summed E-state index contributed by atoms with van der Waals surface area (Å²) in [6.45, 7) is 1.73. The number of hydrogen-bond acceptors (Lipinski definition) is 6. The van der Waals surface area contributed by atoms with Gasteiger partial charge in [0.2, 0.25) is 0 Å². The predicted molar refractivity (Wildman–Crippen MR) is 104 cm³/mol. The molecule has 146 valence electrons. The molecular weight excluding hydrogens is 462 g/mol. The second kappa shape index (κ2) is 8.57. The minimum atomic E-state index is -4.04. The molecule has 0 aromatic heterocycles. The van der Waals surface area contributed by atoms with Gasteiger partial charge >= 0.3 is 5.97 Å². The molecule has 0 aliphatic rings. The first-order valence-corrected chi connectivity index (χ1v) is 10.1. The fourth-order valence-electron chi connectivity index (χ4n) is 2.21. The molecule has 2 aromatic carbocycles. The summed E-state index contributed by atoms with van der Waals surface area (Å²) >= 11 is 9.44. The average molecular weight is 479 g/mol. The van der Waals surface area contributed by atoms with Crippen molar-refractivity contribution >= 4 is 43.5 Å². The molecule has 0 spiro atoms. The van der Waals surface area contributed by atoms with Crippen molar-refractivity contribution in [3.05, 3.63) is 51.0 Å². The van der Waals surface area contributed by atoms with Crippen LogP contribution < -0.4 is 9.47 Å². The van der Waals surface area contributed by atoms with Crippen LogP contribution in [0.25, 0.3) is 0 Å². The number of esters is 1. The van der Waals surface area contributed by atoms with E-state index >= 15 is 0 Å². The van der Waals surface area contributed by atoms with Gasteiger partial charge in [-0.25, -0.2) is 13.2 Å². The lowest BCUT2D eigenvalue weighted by Gasteiger charge is -2.17. The number of aryl methyl sites for hydroxylation is 1. The van der Waals surface area contributed by atoms with Crippen molar-refractivity contribution in [1.29, 1.82) is 0 Å². The van der Waals surface area contributed by atoms with Crippen molar-refractivity contribution in [3.8, 4) is 11.5 Å². The van der Waals surface area contributed by atoms with Crippen LogP contribution in [0.5, 0.6) is 11.5 Å². The smallest absolute Gasteiger partial charge is 0.343 e. The molecule has 0 amide bonds. The summed E-state index contributed by atoms with van der Waals surface area (Å²) in [4.78, 5) is 17.1. The number of carbonyl (C=O) groups is 1. The molecular formula is C17H17BrClNO6S. The summed E-state index contributed by atoms with van der Waals surface area (Å²) in [5.74, 6) is -0.506. The number of ether oxygens (including phenoxy) is 2. The minimum Gasteiger partial charge on any atom is -0.495 e. The van der Waals surface area contributed by atoms with Gasteiger partial charge in [0, 0.05) is 11.5 Å². The zero-order chi connectivity index (χ0) is 20.4. The standard InChI is InChI=1S/C17H17BrClNO6S/c1-10-7-12(18)9-13(19)16(10)26-17(21)11-5-6-14(24-3)15(8-11)27(22,23)20(2)25-4/h5-9H,1-4H3. The third-order valence-corrected chi connectivity index (χ3v) is 6.10. The van der Waals surface area contributed by atoms with E-state index < -0.39 is 16.0 Å². The topological polar surface area (TPSA) is 82.1 Å². The Morgan fingerprint density at radius 2 is 1.85 bits per heavy atom. The number of rotatable bonds is 6. The van der Waals surface area contributed by atoms with Gasteiger partial charge in [0.25, 0.3) is 10.0 Å². The van der Waals surface area contributed by atoms with E-state index in [1.165, 1.54) is 33.4 Å². The van der Waals surface area contributed by atoms with Gasteiger partial charge < -0.3 is 9.47 Å². The van der Waals surface area contributed by atoms with Crippen molar-refractivity contribution in [2.45, 2.75) is 11.8 Å². The Morgan fingerprint density at radius 1 is 1.19 bits per heavy atom. The maximum Gasteiger partial charge on any atom is 0.343 e. The number of sulfonamides is 1. The third-order valence-electron chi connectivity index (χ3n) is 3.66. The van der Waals surface area contributed by atoms with Crippen LogP contribution in [0.4, 0.5) is 0 Å². The lowest BCUT2D eigenvalue weighted by Crippen LogP contribution is -2.26. The molecule has 2 aromatic rings. The second-order valence-corrected chi connectivity index (χ2v) is 8.61. The summed E-state index contributed by atoms with van der Waals surface area (Å²) < 4.78 is 37.0. The molecule has 7 nitrogen and oxygen atoms in total. The first-order valence-electron chi connectivity index (χ1n) is 7.50. The number of halogens is 2. The van der Waals surface area contributed by atoms with Crippen LogP contribution in [0.3, 0.4) is 0 Å². The molecule has 0 heterocycles. The van der Waals surface area contributed by atoms with Crippen molar-refractivity contribution in [2.24, 2.45) is 0 Å². The Bertz CT molecular complexity index is 956. The molecule has 10 heteroatoms. The van der Waals surface area contributed by atoms with Crippen LogP contribution in [0.2, 0.25) is 5.02 Å². The van der Waals surface area contributed by atoms with Gasteiger partial charge in [0.05, 0.1) is 24.8 Å². The summed E-state index contributed by atoms with van der Waals surface area (Å²) in [5.41, 5.74) is 0.653. The fraction of sp³-hybridized carbons (Fsp3) is 0.235. The third kappa shape index (κ3) is 4.61. The number of hydrogen-bond donors (Lipinski definition) is 0. The number of hydroxylamine groups is 1. The van der Waals surface area contributed by atoms with Gasteiger partial charge in [-0.05, 0) is 42.8 Å². The zero-order valence-corrected chi connectivity index (χ0v) is 18.1. The van der Waals surface area contributed by atoms with Crippen molar-refractivity contribution in [3.63, 3.8) is 0 Å². The second-order valence-electron chi connectivity index (χ2n) is 5.39. The van der Waals surface area contributed by atoms with Gasteiger partial charge in [0.15, 0.2) is 5.75 Å². The highest BCUT2D eigenvalue weighted by atomic mass is 79.9. The van der Waals surface area contributed by atoms with E-state index in [0.717, 1.165) is 10.5 Å². The Kier molecular flexibility index (Phi) is 6.87. The Morgan fingerprint density at radius 3 is 2.41 bits per heavy atom. The van der Waals surface area contributed by atoms with Crippen LogP contribution in [-0.4, -0.2) is 40.1 Å².